The second-order valence-corrected chi connectivity index (χ2v) is 3.58. The van der Waals surface area contributed by atoms with Crippen molar-refractivity contribution < 1.29 is 9.53 Å². The number of nitrogens with zero attached hydrogens (tertiary/aromatic N) is 1. The molecule has 0 saturated heterocycles. The van der Waals surface area contributed by atoms with E-state index in [1.165, 1.54) is 0 Å². The molecule has 3 nitrogen and oxygen atoms in total. The largest absolute Gasteiger partial charge is 0.372 e. The van der Waals surface area contributed by atoms with Crippen molar-refractivity contribution in [3.05, 3.63) is 0 Å². The van der Waals surface area contributed by atoms with E-state index in [0.29, 0.717) is 12.5 Å². The molecule has 0 aliphatic carbocycles. The number of ether oxygens (including phenoxy) is 1. The fraction of sp³-hybridized carbons (Fsp3) is 0.909. The van der Waals surface area contributed by atoms with Gasteiger partial charge in [0.1, 0.15) is 6.61 Å². The van der Waals surface area contributed by atoms with E-state index in [0.717, 1.165) is 19.5 Å². The van der Waals surface area contributed by atoms with Gasteiger partial charge < -0.3 is 9.64 Å². The van der Waals surface area contributed by atoms with Gasteiger partial charge in [-0.05, 0) is 19.8 Å². The molecule has 14 heavy (non-hydrogen) atoms. The summed E-state index contributed by atoms with van der Waals surface area (Å²) in [5.41, 5.74) is 0. The third-order valence-electron chi connectivity index (χ3n) is 2.39. The molecule has 0 bridgehead atoms. The molecule has 0 aromatic carbocycles. The Kier molecular flexibility index (Phi) is 7.48. The molecule has 3 heteroatoms. The zero-order chi connectivity index (χ0) is 11.0. The third kappa shape index (κ3) is 5.22. The van der Waals surface area contributed by atoms with Crippen LogP contribution in [-0.2, 0) is 9.53 Å². The summed E-state index contributed by atoms with van der Waals surface area (Å²) < 4.78 is 5.10. The van der Waals surface area contributed by atoms with E-state index in [4.69, 9.17) is 4.74 Å². The van der Waals surface area contributed by atoms with Crippen LogP contribution in [0.2, 0.25) is 0 Å². The summed E-state index contributed by atoms with van der Waals surface area (Å²) in [5.74, 6) is 0.676. The first-order valence-corrected chi connectivity index (χ1v) is 5.51. The minimum atomic E-state index is 0.106. The van der Waals surface area contributed by atoms with Crippen molar-refractivity contribution in [3.63, 3.8) is 0 Å². The Morgan fingerprint density at radius 2 is 2.00 bits per heavy atom. The number of amides is 1. The highest BCUT2D eigenvalue weighted by molar-refractivity contribution is 5.77. The van der Waals surface area contributed by atoms with E-state index in [-0.39, 0.29) is 12.5 Å². The molecule has 1 atom stereocenters. The maximum Gasteiger partial charge on any atom is 0.248 e. The number of rotatable bonds is 7. The lowest BCUT2D eigenvalue weighted by Crippen LogP contribution is -2.37. The van der Waals surface area contributed by atoms with Crippen LogP contribution in [-0.4, -0.2) is 37.1 Å². The van der Waals surface area contributed by atoms with E-state index in [2.05, 4.69) is 13.8 Å². The van der Waals surface area contributed by atoms with Crippen LogP contribution < -0.4 is 0 Å². The summed E-state index contributed by atoms with van der Waals surface area (Å²) in [7, 11) is 0. The van der Waals surface area contributed by atoms with Crippen molar-refractivity contribution in [1.29, 1.82) is 0 Å². The minimum absolute atomic E-state index is 0.106. The fourth-order valence-corrected chi connectivity index (χ4v) is 1.19. The van der Waals surface area contributed by atoms with Gasteiger partial charge in [0.05, 0.1) is 0 Å². The fourth-order valence-electron chi connectivity index (χ4n) is 1.19. The summed E-state index contributed by atoms with van der Waals surface area (Å²) in [6, 6.07) is 0. The highest BCUT2D eigenvalue weighted by atomic mass is 16.5. The number of hydrogen-bond acceptors (Lipinski definition) is 2. The standard InChI is InChI=1S/C11H23NO2/c1-5-10(4)8-12(6-2)11(13)9-14-7-3/h10H,5-9H2,1-4H3. The molecular weight excluding hydrogens is 178 g/mol. The van der Waals surface area contributed by atoms with Gasteiger partial charge in [-0.3, -0.25) is 4.79 Å². The Morgan fingerprint density at radius 3 is 2.43 bits per heavy atom. The van der Waals surface area contributed by atoms with Gasteiger partial charge in [-0.15, -0.1) is 0 Å². The van der Waals surface area contributed by atoms with E-state index < -0.39 is 0 Å². The molecule has 0 radical (unpaired) electrons. The van der Waals surface area contributed by atoms with E-state index in [1.807, 2.05) is 18.7 Å². The van der Waals surface area contributed by atoms with Gasteiger partial charge in [-0.1, -0.05) is 20.3 Å². The van der Waals surface area contributed by atoms with Gasteiger partial charge in [0, 0.05) is 19.7 Å². The summed E-state index contributed by atoms with van der Waals surface area (Å²) in [4.78, 5) is 13.5. The molecule has 1 unspecified atom stereocenters. The number of carbonyl (C=O) groups excluding carboxylic acids is 1. The predicted octanol–water partition coefficient (Wildman–Crippen LogP) is 1.92. The molecule has 0 spiro atoms. The van der Waals surface area contributed by atoms with Crippen molar-refractivity contribution in [2.45, 2.75) is 34.1 Å². The Morgan fingerprint density at radius 1 is 1.36 bits per heavy atom. The molecule has 84 valence electrons. The SMILES string of the molecule is CCOCC(=O)N(CC)CC(C)CC. The zero-order valence-corrected chi connectivity index (χ0v) is 9.88. The molecule has 0 fully saturated rings. The third-order valence-corrected chi connectivity index (χ3v) is 2.39. The van der Waals surface area contributed by atoms with E-state index in [1.54, 1.807) is 0 Å². The maximum atomic E-state index is 11.6. The van der Waals surface area contributed by atoms with Crippen LogP contribution >= 0.6 is 0 Å². The lowest BCUT2D eigenvalue weighted by atomic mass is 10.1. The van der Waals surface area contributed by atoms with Gasteiger partial charge in [-0.2, -0.15) is 0 Å². The molecule has 0 saturated carbocycles. The Labute approximate surface area is 87.4 Å². The highest BCUT2D eigenvalue weighted by Crippen LogP contribution is 2.04. The second-order valence-electron chi connectivity index (χ2n) is 3.58. The van der Waals surface area contributed by atoms with Crippen LogP contribution in [0.3, 0.4) is 0 Å². The van der Waals surface area contributed by atoms with Gasteiger partial charge in [-0.25, -0.2) is 0 Å². The van der Waals surface area contributed by atoms with Crippen LogP contribution in [0, 0.1) is 5.92 Å². The first-order chi connectivity index (χ1) is 6.65. The Bertz CT molecular complexity index is 159. The van der Waals surface area contributed by atoms with Crippen molar-refractivity contribution in [3.8, 4) is 0 Å². The van der Waals surface area contributed by atoms with Crippen LogP contribution in [0.25, 0.3) is 0 Å². The molecule has 1 amide bonds. The summed E-state index contributed by atoms with van der Waals surface area (Å²) in [6.07, 6.45) is 1.11. The van der Waals surface area contributed by atoms with E-state index >= 15 is 0 Å². The number of carbonyl (C=O) groups is 1. The van der Waals surface area contributed by atoms with Gasteiger partial charge in [0.2, 0.25) is 5.91 Å². The van der Waals surface area contributed by atoms with Crippen molar-refractivity contribution >= 4 is 5.91 Å². The van der Waals surface area contributed by atoms with Crippen LogP contribution in [0.5, 0.6) is 0 Å². The summed E-state index contributed by atoms with van der Waals surface area (Å²) in [5, 5.41) is 0. The summed E-state index contributed by atoms with van der Waals surface area (Å²) in [6.45, 7) is 10.7. The monoisotopic (exact) mass is 201 g/mol. The molecule has 0 aromatic rings. The van der Waals surface area contributed by atoms with Crippen molar-refractivity contribution in [2.75, 3.05) is 26.3 Å². The molecular formula is C11H23NO2. The van der Waals surface area contributed by atoms with Crippen LogP contribution in [0.4, 0.5) is 0 Å². The molecule has 0 heterocycles. The molecule has 0 aliphatic rings. The quantitative estimate of drug-likeness (QED) is 0.630. The highest BCUT2D eigenvalue weighted by Gasteiger charge is 2.13. The Balaban J connectivity index is 3.92. The van der Waals surface area contributed by atoms with Crippen molar-refractivity contribution in [2.24, 2.45) is 5.92 Å². The molecule has 0 aromatic heterocycles. The van der Waals surface area contributed by atoms with Crippen LogP contribution in [0.1, 0.15) is 34.1 Å². The number of hydrogen-bond donors (Lipinski definition) is 0. The lowest BCUT2D eigenvalue weighted by Gasteiger charge is -2.23. The molecule has 0 N–H and O–H groups in total. The van der Waals surface area contributed by atoms with Crippen molar-refractivity contribution in [1.82, 2.24) is 4.90 Å². The average Bonchev–Trinajstić information content (AvgIpc) is 2.21. The lowest BCUT2D eigenvalue weighted by molar-refractivity contribution is -0.136. The van der Waals surface area contributed by atoms with Gasteiger partial charge >= 0.3 is 0 Å². The predicted molar refractivity (Wildman–Crippen MR) is 58.2 cm³/mol. The number of likely N-dealkylation sites (N-methyl/N-ethyl adjacent to an activating group) is 1. The first-order valence-electron chi connectivity index (χ1n) is 5.51. The van der Waals surface area contributed by atoms with E-state index in [9.17, 15) is 4.79 Å². The molecule has 0 aliphatic heterocycles. The smallest absolute Gasteiger partial charge is 0.248 e. The first kappa shape index (κ1) is 13.4. The molecule has 0 rings (SSSR count). The van der Waals surface area contributed by atoms with Gasteiger partial charge in [0.25, 0.3) is 0 Å². The average molecular weight is 201 g/mol. The minimum Gasteiger partial charge on any atom is -0.372 e. The van der Waals surface area contributed by atoms with Crippen LogP contribution in [0.15, 0.2) is 0 Å². The van der Waals surface area contributed by atoms with Gasteiger partial charge in [0.15, 0.2) is 0 Å². The second kappa shape index (κ2) is 7.80. The maximum absolute atomic E-state index is 11.6. The zero-order valence-electron chi connectivity index (χ0n) is 9.88. The normalized spacial score (nSPS) is 12.6. The summed E-state index contributed by atoms with van der Waals surface area (Å²) >= 11 is 0. The Hall–Kier alpha value is -0.570. The topological polar surface area (TPSA) is 29.5 Å².